The van der Waals surface area contributed by atoms with Crippen LogP contribution < -0.4 is 0 Å². The smallest absolute Gasteiger partial charge is 0.186 e. The molecule has 0 unspecified atom stereocenters. The van der Waals surface area contributed by atoms with Crippen molar-refractivity contribution in [3.8, 4) is 0 Å². The third kappa shape index (κ3) is 1.98. The van der Waals surface area contributed by atoms with Crippen LogP contribution >= 0.6 is 0 Å². The Kier molecular flexibility index (Phi) is 3.60. The average molecular weight is 194 g/mol. The van der Waals surface area contributed by atoms with E-state index in [0.717, 1.165) is 0 Å². The highest BCUT2D eigenvalue weighted by molar-refractivity contribution is 4.88. The Labute approximate surface area is 75.3 Å². The van der Waals surface area contributed by atoms with E-state index in [9.17, 15) is 15.3 Å². The number of hydrogen-bond donors (Lipinski definition) is 4. The van der Waals surface area contributed by atoms with E-state index in [1.54, 1.807) is 0 Å². The van der Waals surface area contributed by atoms with Crippen molar-refractivity contribution >= 4 is 0 Å². The van der Waals surface area contributed by atoms with Crippen LogP contribution in [0.2, 0.25) is 0 Å². The fraction of sp³-hybridized carbons (Fsp3) is 1.00. The van der Waals surface area contributed by atoms with Crippen molar-refractivity contribution in [1.29, 1.82) is 0 Å². The van der Waals surface area contributed by atoms with Crippen LogP contribution in [0.5, 0.6) is 0 Å². The molecule has 6 heteroatoms. The predicted molar refractivity (Wildman–Crippen MR) is 40.8 cm³/mol. The molecule has 1 saturated heterocycles. The van der Waals surface area contributed by atoms with Gasteiger partial charge in [-0.15, -0.1) is 0 Å². The van der Waals surface area contributed by atoms with Crippen LogP contribution in [0.15, 0.2) is 0 Å². The van der Waals surface area contributed by atoms with Crippen LogP contribution in [0.3, 0.4) is 0 Å². The van der Waals surface area contributed by atoms with Gasteiger partial charge in [-0.2, -0.15) is 0 Å². The lowest BCUT2D eigenvalue weighted by molar-refractivity contribution is -0.294. The highest BCUT2D eigenvalue weighted by Crippen LogP contribution is 2.20. The van der Waals surface area contributed by atoms with Crippen LogP contribution in [0, 0.1) is 0 Å². The van der Waals surface area contributed by atoms with Crippen molar-refractivity contribution in [2.75, 3.05) is 13.7 Å². The van der Waals surface area contributed by atoms with Gasteiger partial charge >= 0.3 is 0 Å². The second-order valence-electron chi connectivity index (χ2n) is 2.93. The first-order valence-electron chi connectivity index (χ1n) is 3.95. The molecule has 1 fully saturated rings. The molecule has 13 heavy (non-hydrogen) atoms. The van der Waals surface area contributed by atoms with Crippen molar-refractivity contribution in [2.45, 2.75) is 30.7 Å². The summed E-state index contributed by atoms with van der Waals surface area (Å²) in [7, 11) is 1.30. The van der Waals surface area contributed by atoms with E-state index in [-0.39, 0.29) is 0 Å². The summed E-state index contributed by atoms with van der Waals surface area (Å²) in [6.07, 6.45) is -5.91. The van der Waals surface area contributed by atoms with Gasteiger partial charge in [0, 0.05) is 7.11 Å². The molecule has 0 aromatic rings. The van der Waals surface area contributed by atoms with E-state index in [2.05, 4.69) is 0 Å². The number of hydrogen-bond acceptors (Lipinski definition) is 6. The molecular formula is C7H14O6. The van der Waals surface area contributed by atoms with Gasteiger partial charge in [-0.3, -0.25) is 0 Å². The van der Waals surface area contributed by atoms with Gasteiger partial charge in [0.05, 0.1) is 6.61 Å². The molecule has 1 aliphatic heterocycles. The molecule has 0 amide bonds. The van der Waals surface area contributed by atoms with Crippen molar-refractivity contribution in [1.82, 2.24) is 0 Å². The number of ether oxygens (including phenoxy) is 2. The van der Waals surface area contributed by atoms with Gasteiger partial charge in [-0.1, -0.05) is 0 Å². The molecule has 1 rings (SSSR count). The maximum Gasteiger partial charge on any atom is 0.186 e. The van der Waals surface area contributed by atoms with Gasteiger partial charge < -0.3 is 29.9 Å². The number of aliphatic hydroxyl groups is 4. The van der Waals surface area contributed by atoms with E-state index in [4.69, 9.17) is 14.6 Å². The van der Waals surface area contributed by atoms with E-state index < -0.39 is 37.3 Å². The summed E-state index contributed by atoms with van der Waals surface area (Å²) in [6.45, 7) is -0.440. The maximum absolute atomic E-state index is 9.28. The monoisotopic (exact) mass is 194 g/mol. The summed E-state index contributed by atoms with van der Waals surface area (Å²) >= 11 is 0. The molecule has 0 spiro atoms. The van der Waals surface area contributed by atoms with Crippen molar-refractivity contribution in [3.05, 3.63) is 0 Å². The zero-order valence-corrected chi connectivity index (χ0v) is 7.20. The summed E-state index contributed by atoms with van der Waals surface area (Å²) in [5.41, 5.74) is 0. The quantitative estimate of drug-likeness (QED) is 0.386. The Morgan fingerprint density at radius 1 is 1.15 bits per heavy atom. The standard InChI is InChI=1S/C7H14O6/c1-12-7-6(11)5(10)4(9)3(2-8)13-7/h3-11H,2H2,1H3/t3-,4+,5-,6-,7+/m1/s1. The Hall–Kier alpha value is -0.240. The highest BCUT2D eigenvalue weighted by atomic mass is 16.7. The molecule has 1 aliphatic rings. The Morgan fingerprint density at radius 2 is 1.77 bits per heavy atom. The minimum absolute atomic E-state index is 0.440. The van der Waals surface area contributed by atoms with Crippen molar-refractivity contribution in [3.63, 3.8) is 0 Å². The molecule has 4 N–H and O–H groups in total. The van der Waals surface area contributed by atoms with Crippen LogP contribution in [-0.4, -0.2) is 64.8 Å². The summed E-state index contributed by atoms with van der Waals surface area (Å²) in [5, 5.41) is 36.6. The Balaban J connectivity index is 2.66. The number of methoxy groups -OCH3 is 1. The van der Waals surface area contributed by atoms with E-state index >= 15 is 0 Å². The molecule has 1 heterocycles. The number of rotatable bonds is 2. The summed E-state index contributed by atoms with van der Waals surface area (Å²) < 4.78 is 9.65. The summed E-state index contributed by atoms with van der Waals surface area (Å²) in [4.78, 5) is 0. The van der Waals surface area contributed by atoms with Crippen LogP contribution in [-0.2, 0) is 9.47 Å². The van der Waals surface area contributed by atoms with E-state index in [1.807, 2.05) is 0 Å². The van der Waals surface area contributed by atoms with E-state index in [1.165, 1.54) is 7.11 Å². The topological polar surface area (TPSA) is 99.4 Å². The third-order valence-electron chi connectivity index (χ3n) is 2.08. The minimum atomic E-state index is -1.36. The molecule has 5 atom stereocenters. The van der Waals surface area contributed by atoms with Gasteiger partial charge in [0.2, 0.25) is 0 Å². The molecular weight excluding hydrogens is 180 g/mol. The maximum atomic E-state index is 9.28. The summed E-state index contributed by atoms with van der Waals surface area (Å²) in [5.74, 6) is 0. The fourth-order valence-corrected chi connectivity index (χ4v) is 1.26. The molecule has 78 valence electrons. The zero-order chi connectivity index (χ0) is 10.0. The third-order valence-corrected chi connectivity index (χ3v) is 2.08. The van der Waals surface area contributed by atoms with Gasteiger partial charge in [-0.05, 0) is 0 Å². The first-order valence-corrected chi connectivity index (χ1v) is 3.95. The predicted octanol–water partition coefficient (Wildman–Crippen LogP) is -2.57. The molecule has 0 radical (unpaired) electrons. The van der Waals surface area contributed by atoms with Gasteiger partial charge in [0.25, 0.3) is 0 Å². The molecule has 0 saturated carbocycles. The van der Waals surface area contributed by atoms with Gasteiger partial charge in [0.1, 0.15) is 24.4 Å². The molecule has 0 bridgehead atoms. The van der Waals surface area contributed by atoms with Gasteiger partial charge in [0.15, 0.2) is 6.29 Å². The van der Waals surface area contributed by atoms with Crippen LogP contribution in [0.1, 0.15) is 0 Å². The molecule has 0 aromatic heterocycles. The second-order valence-corrected chi connectivity index (χ2v) is 2.93. The first kappa shape index (κ1) is 10.8. The molecule has 6 nitrogen and oxygen atoms in total. The average Bonchev–Trinajstić information content (AvgIpc) is 2.15. The minimum Gasteiger partial charge on any atom is -0.394 e. The van der Waals surface area contributed by atoms with Crippen LogP contribution in [0.4, 0.5) is 0 Å². The number of aliphatic hydroxyl groups excluding tert-OH is 4. The van der Waals surface area contributed by atoms with E-state index in [0.29, 0.717) is 0 Å². The second kappa shape index (κ2) is 4.32. The lowest BCUT2D eigenvalue weighted by atomic mass is 9.99. The Morgan fingerprint density at radius 3 is 2.23 bits per heavy atom. The molecule has 0 aromatic carbocycles. The van der Waals surface area contributed by atoms with Crippen molar-refractivity contribution < 1.29 is 29.9 Å². The SMILES string of the molecule is CO[C@H]1O[C@H](CO)[C@H](O)[C@@H](O)[C@H]1O. The largest absolute Gasteiger partial charge is 0.394 e. The Bertz CT molecular complexity index is 143. The van der Waals surface area contributed by atoms with Crippen LogP contribution in [0.25, 0.3) is 0 Å². The lowest BCUT2D eigenvalue weighted by Crippen LogP contribution is -2.58. The fourth-order valence-electron chi connectivity index (χ4n) is 1.26. The summed E-state index contributed by atoms with van der Waals surface area (Å²) in [6, 6.07) is 0. The molecule has 0 aliphatic carbocycles. The lowest BCUT2D eigenvalue weighted by Gasteiger charge is -2.38. The zero-order valence-electron chi connectivity index (χ0n) is 7.20. The highest BCUT2D eigenvalue weighted by Gasteiger charge is 2.43. The van der Waals surface area contributed by atoms with Crippen molar-refractivity contribution in [2.24, 2.45) is 0 Å². The normalized spacial score (nSPS) is 46.4. The first-order chi connectivity index (χ1) is 6.11. The van der Waals surface area contributed by atoms with Gasteiger partial charge in [-0.25, -0.2) is 0 Å².